The molecule has 11 heteroatoms. The Kier molecular flexibility index (Phi) is 4.84. The first-order valence-electron chi connectivity index (χ1n) is 8.26. The monoisotopic (exact) mass is 396 g/mol. The number of nitro groups is 1. The van der Waals surface area contributed by atoms with Gasteiger partial charge in [0.2, 0.25) is 0 Å². The van der Waals surface area contributed by atoms with E-state index in [1.165, 1.54) is 0 Å². The molecule has 28 heavy (non-hydrogen) atoms. The number of hydrazine groups is 1. The lowest BCUT2D eigenvalue weighted by Crippen LogP contribution is -2.30. The van der Waals surface area contributed by atoms with E-state index in [4.69, 9.17) is 0 Å². The summed E-state index contributed by atoms with van der Waals surface area (Å²) in [5, 5.41) is 11.1. The molecule has 1 aromatic carbocycles. The Labute approximate surface area is 156 Å². The number of aromatic amines is 1. The van der Waals surface area contributed by atoms with Gasteiger partial charge in [0.1, 0.15) is 11.4 Å². The Morgan fingerprint density at radius 2 is 2.00 bits per heavy atom. The Hall–Kier alpha value is -3.37. The zero-order chi connectivity index (χ0) is 20.6. The largest absolute Gasteiger partial charge is 0.416 e. The third kappa shape index (κ3) is 3.55. The molecule has 0 unspecified atom stereocenters. The van der Waals surface area contributed by atoms with E-state index in [1.807, 2.05) is 0 Å². The number of aryl methyl sites for hydroxylation is 1. The third-order valence-corrected chi connectivity index (χ3v) is 4.50. The lowest BCUT2D eigenvalue weighted by atomic mass is 9.94. The first kappa shape index (κ1) is 19.4. The molecule has 1 heterocycles. The highest BCUT2D eigenvalue weighted by Crippen LogP contribution is 2.34. The van der Waals surface area contributed by atoms with Crippen molar-refractivity contribution < 1.29 is 27.7 Å². The fourth-order valence-electron chi connectivity index (χ4n) is 3.15. The van der Waals surface area contributed by atoms with Crippen LogP contribution in [-0.2, 0) is 12.6 Å². The number of aromatic nitrogens is 1. The van der Waals surface area contributed by atoms with Crippen molar-refractivity contribution in [3.05, 3.63) is 56.4 Å². The summed E-state index contributed by atoms with van der Waals surface area (Å²) in [4.78, 5) is 37.4. The number of fused-ring (bicyclic) bond motifs is 1. The van der Waals surface area contributed by atoms with Crippen LogP contribution in [0.3, 0.4) is 0 Å². The van der Waals surface area contributed by atoms with Crippen molar-refractivity contribution in [3.63, 3.8) is 0 Å². The number of carbonyl (C=O) groups is 2. The molecule has 0 saturated heterocycles. The van der Waals surface area contributed by atoms with Crippen LogP contribution < -0.4 is 10.9 Å². The van der Waals surface area contributed by atoms with Crippen LogP contribution in [0, 0.1) is 17.0 Å². The van der Waals surface area contributed by atoms with Crippen molar-refractivity contribution in [2.24, 2.45) is 0 Å². The lowest BCUT2D eigenvalue weighted by molar-refractivity contribution is -0.384. The van der Waals surface area contributed by atoms with E-state index < -0.39 is 28.3 Å². The quantitative estimate of drug-likeness (QED) is 0.540. The first-order chi connectivity index (χ1) is 13.1. The summed E-state index contributed by atoms with van der Waals surface area (Å²) in [5.74, 6) is -0.769. The van der Waals surface area contributed by atoms with Crippen LogP contribution in [0.4, 0.5) is 24.5 Å². The molecule has 8 nitrogen and oxygen atoms in total. The molecule has 2 aromatic rings. The Morgan fingerprint density at radius 3 is 2.61 bits per heavy atom. The van der Waals surface area contributed by atoms with E-state index in [9.17, 15) is 32.9 Å². The molecule has 0 aliphatic heterocycles. The minimum atomic E-state index is -4.74. The predicted molar refractivity (Wildman–Crippen MR) is 92.0 cm³/mol. The molecule has 1 aliphatic rings. The number of alkyl halides is 3. The second kappa shape index (κ2) is 6.98. The Balaban J connectivity index is 1.82. The van der Waals surface area contributed by atoms with Gasteiger partial charge in [-0.15, -0.1) is 0 Å². The van der Waals surface area contributed by atoms with Crippen LogP contribution in [0.1, 0.15) is 50.5 Å². The van der Waals surface area contributed by atoms with Crippen molar-refractivity contribution in [1.29, 1.82) is 0 Å². The van der Waals surface area contributed by atoms with Gasteiger partial charge in [-0.1, -0.05) is 0 Å². The third-order valence-electron chi connectivity index (χ3n) is 4.50. The number of carbonyl (C=O) groups excluding carboxylic acids is 2. The molecular formula is C17H15F3N4O4. The number of Topliss-reactive ketones (excluding diaryl/α,β-unsaturated/α-hetero) is 1. The van der Waals surface area contributed by atoms with Crippen molar-refractivity contribution >= 4 is 23.1 Å². The number of hydrogen-bond donors (Lipinski definition) is 3. The van der Waals surface area contributed by atoms with Crippen LogP contribution in [-0.4, -0.2) is 21.6 Å². The van der Waals surface area contributed by atoms with Gasteiger partial charge in [-0.25, -0.2) is 0 Å². The van der Waals surface area contributed by atoms with E-state index in [2.05, 4.69) is 15.8 Å². The second-order valence-corrected chi connectivity index (χ2v) is 6.32. The van der Waals surface area contributed by atoms with Crippen LogP contribution in [0.15, 0.2) is 18.2 Å². The van der Waals surface area contributed by atoms with Gasteiger partial charge >= 0.3 is 6.18 Å². The number of halogens is 3. The summed E-state index contributed by atoms with van der Waals surface area (Å²) in [5.41, 5.74) is 3.86. The SMILES string of the molecule is Cc1c(C(=O)NNc2ccc(C(F)(F)F)cc2[N+](=O)[O-])[nH]c2c1C(=O)CCC2. The van der Waals surface area contributed by atoms with E-state index in [-0.39, 0.29) is 17.2 Å². The topological polar surface area (TPSA) is 117 Å². The zero-order valence-corrected chi connectivity index (χ0v) is 14.6. The van der Waals surface area contributed by atoms with Gasteiger partial charge in [-0.3, -0.25) is 30.6 Å². The van der Waals surface area contributed by atoms with Gasteiger partial charge in [0.15, 0.2) is 5.78 Å². The summed E-state index contributed by atoms with van der Waals surface area (Å²) in [6.07, 6.45) is -3.06. The number of amides is 1. The zero-order valence-electron chi connectivity index (χ0n) is 14.6. The van der Waals surface area contributed by atoms with E-state index in [0.717, 1.165) is 6.07 Å². The van der Waals surface area contributed by atoms with Crippen LogP contribution in [0.25, 0.3) is 0 Å². The van der Waals surface area contributed by atoms with E-state index in [1.54, 1.807) is 6.92 Å². The van der Waals surface area contributed by atoms with Gasteiger partial charge < -0.3 is 4.98 Å². The van der Waals surface area contributed by atoms with Gasteiger partial charge in [0.25, 0.3) is 11.6 Å². The summed E-state index contributed by atoms with van der Waals surface area (Å²) >= 11 is 0. The number of nitrogens with one attached hydrogen (secondary N) is 3. The fourth-order valence-corrected chi connectivity index (χ4v) is 3.15. The maximum absolute atomic E-state index is 12.7. The van der Waals surface area contributed by atoms with E-state index >= 15 is 0 Å². The van der Waals surface area contributed by atoms with Gasteiger partial charge in [-0.2, -0.15) is 13.2 Å². The fraction of sp³-hybridized carbons (Fsp3) is 0.294. The van der Waals surface area contributed by atoms with Crippen molar-refractivity contribution in [2.45, 2.75) is 32.4 Å². The standard InChI is InChI=1S/C17H15F3N4O4/c1-8-14-11(3-2-4-13(14)25)21-15(8)16(26)23-22-10-6-5-9(17(18,19)20)7-12(10)24(27)28/h5-7,21-22H,2-4H2,1H3,(H,23,26). The van der Waals surface area contributed by atoms with Crippen molar-refractivity contribution in [2.75, 3.05) is 5.43 Å². The normalized spacial score (nSPS) is 13.8. The molecule has 0 radical (unpaired) electrons. The minimum Gasteiger partial charge on any atom is -0.354 e. The summed E-state index contributed by atoms with van der Waals surface area (Å²) in [6, 6.07) is 1.90. The summed E-state index contributed by atoms with van der Waals surface area (Å²) < 4.78 is 38.2. The van der Waals surface area contributed by atoms with Crippen molar-refractivity contribution in [3.8, 4) is 0 Å². The van der Waals surface area contributed by atoms with Crippen molar-refractivity contribution in [1.82, 2.24) is 10.4 Å². The molecule has 0 atom stereocenters. The number of hydrogen-bond acceptors (Lipinski definition) is 5. The highest BCUT2D eigenvalue weighted by molar-refractivity contribution is 6.04. The Morgan fingerprint density at radius 1 is 1.29 bits per heavy atom. The van der Waals surface area contributed by atoms with Crippen LogP contribution in [0.2, 0.25) is 0 Å². The minimum absolute atomic E-state index is 0.0691. The number of rotatable bonds is 4. The molecule has 0 fully saturated rings. The molecular weight excluding hydrogens is 381 g/mol. The molecule has 1 amide bonds. The lowest BCUT2D eigenvalue weighted by Gasteiger charge is -2.11. The van der Waals surface area contributed by atoms with Crippen LogP contribution >= 0.6 is 0 Å². The second-order valence-electron chi connectivity index (χ2n) is 6.32. The molecule has 3 N–H and O–H groups in total. The van der Waals surface area contributed by atoms with Gasteiger partial charge in [0, 0.05) is 23.7 Å². The Bertz CT molecular complexity index is 982. The molecule has 0 saturated carbocycles. The maximum Gasteiger partial charge on any atom is 0.416 e. The van der Waals surface area contributed by atoms with E-state index in [0.29, 0.717) is 48.2 Å². The molecule has 3 rings (SSSR count). The molecule has 1 aromatic heterocycles. The summed E-state index contributed by atoms with van der Waals surface area (Å²) in [7, 11) is 0. The molecule has 148 valence electrons. The highest BCUT2D eigenvalue weighted by atomic mass is 19.4. The number of H-pyrrole nitrogens is 1. The number of anilines is 1. The maximum atomic E-state index is 12.7. The number of ketones is 1. The molecule has 0 spiro atoms. The number of nitro benzene ring substituents is 1. The average molecular weight is 396 g/mol. The number of benzene rings is 1. The smallest absolute Gasteiger partial charge is 0.354 e. The summed E-state index contributed by atoms with van der Waals surface area (Å²) in [6.45, 7) is 1.61. The first-order valence-corrected chi connectivity index (χ1v) is 8.26. The molecule has 1 aliphatic carbocycles. The predicted octanol–water partition coefficient (Wildman–Crippen LogP) is 3.53. The van der Waals surface area contributed by atoms with Gasteiger partial charge in [-0.05, 0) is 37.5 Å². The van der Waals surface area contributed by atoms with Crippen LogP contribution in [0.5, 0.6) is 0 Å². The number of nitrogens with zero attached hydrogens (tertiary/aromatic N) is 1. The van der Waals surface area contributed by atoms with Gasteiger partial charge in [0.05, 0.1) is 10.5 Å². The average Bonchev–Trinajstić information content (AvgIpc) is 2.96. The molecule has 0 bridgehead atoms. The highest BCUT2D eigenvalue weighted by Gasteiger charge is 2.33.